The van der Waals surface area contributed by atoms with Crippen molar-refractivity contribution in [1.29, 1.82) is 0 Å². The predicted octanol–water partition coefficient (Wildman–Crippen LogP) is 14.4. The van der Waals surface area contributed by atoms with Gasteiger partial charge in [0.2, 0.25) is 0 Å². The maximum absolute atomic E-state index is 6.82. The van der Waals surface area contributed by atoms with E-state index >= 15 is 0 Å². The molecular weight excluding hydrogens is 625 g/mol. The molecule has 50 heavy (non-hydrogen) atoms. The Hall–Kier alpha value is -6.22. The first-order chi connectivity index (χ1) is 24.8. The topological polar surface area (TPSA) is 13.1 Å². The predicted molar refractivity (Wildman–Crippen MR) is 215 cm³/mol. The Morgan fingerprint density at radius 2 is 0.960 bits per heavy atom. The SMILES string of the molecule is c1ccc(-c2c3ccccc3c(-c3cccc(-c4cc5oc6c7ccccc7ccc6c5c5sc6ccccc6c45)c3)c3ccccc23)cc1. The zero-order valence-corrected chi connectivity index (χ0v) is 27.8. The van der Waals surface area contributed by atoms with Gasteiger partial charge in [0.15, 0.2) is 0 Å². The average molecular weight is 653 g/mol. The van der Waals surface area contributed by atoms with E-state index in [1.807, 2.05) is 11.3 Å². The summed E-state index contributed by atoms with van der Waals surface area (Å²) in [4.78, 5) is 0. The lowest BCUT2D eigenvalue weighted by atomic mass is 9.85. The first-order valence-electron chi connectivity index (χ1n) is 17.1. The summed E-state index contributed by atoms with van der Waals surface area (Å²) < 4.78 is 9.39. The van der Waals surface area contributed by atoms with Crippen molar-refractivity contribution in [1.82, 2.24) is 0 Å². The third-order valence-electron chi connectivity index (χ3n) is 10.4. The summed E-state index contributed by atoms with van der Waals surface area (Å²) >= 11 is 1.87. The standard InChI is InChI=1S/C48H28OS/c1-2-14-30(15-3-1)43-34-19-6-8-21-36(34)44(37-22-9-7-20-35(37)43)32-17-12-16-31(27-32)40-28-41-46(48-45(40)38-23-10-11-24-42(38)50-48)39-26-25-29-13-4-5-18-33(29)47(39)49-41/h1-28H. The number of hydrogen-bond acceptors (Lipinski definition) is 2. The summed E-state index contributed by atoms with van der Waals surface area (Å²) in [5, 5.41) is 12.3. The highest BCUT2D eigenvalue weighted by Gasteiger charge is 2.21. The van der Waals surface area contributed by atoms with Crippen LogP contribution in [0.25, 0.3) is 108 Å². The number of benzene rings is 9. The second-order valence-corrected chi connectivity index (χ2v) is 14.2. The van der Waals surface area contributed by atoms with Gasteiger partial charge in [0.1, 0.15) is 11.2 Å². The van der Waals surface area contributed by atoms with Gasteiger partial charge in [0, 0.05) is 36.3 Å². The maximum Gasteiger partial charge on any atom is 0.143 e. The molecule has 0 fully saturated rings. The summed E-state index contributed by atoms with van der Waals surface area (Å²) in [6.45, 7) is 0. The maximum atomic E-state index is 6.82. The van der Waals surface area contributed by atoms with Gasteiger partial charge in [-0.2, -0.15) is 0 Å². The highest BCUT2D eigenvalue weighted by Crippen LogP contribution is 2.49. The molecule has 2 heterocycles. The van der Waals surface area contributed by atoms with Crippen LogP contribution >= 0.6 is 11.3 Å². The third kappa shape index (κ3) is 3.94. The molecule has 0 aliphatic rings. The molecule has 0 aliphatic heterocycles. The summed E-state index contributed by atoms with van der Waals surface area (Å²) in [7, 11) is 0. The van der Waals surface area contributed by atoms with E-state index in [-0.39, 0.29) is 0 Å². The summed E-state index contributed by atoms with van der Waals surface area (Å²) in [6.07, 6.45) is 0. The Labute approximate surface area is 292 Å². The molecule has 9 aromatic carbocycles. The number of hydrogen-bond donors (Lipinski definition) is 0. The average Bonchev–Trinajstić information content (AvgIpc) is 3.76. The van der Waals surface area contributed by atoms with Crippen LogP contribution in [0, 0.1) is 0 Å². The van der Waals surface area contributed by atoms with Crippen LogP contribution in [0.5, 0.6) is 0 Å². The summed E-state index contributed by atoms with van der Waals surface area (Å²) in [5.74, 6) is 0. The Kier molecular flexibility index (Phi) is 5.89. The number of thiophene rings is 1. The molecule has 0 radical (unpaired) electrons. The summed E-state index contributed by atoms with van der Waals surface area (Å²) in [6, 6.07) is 61.8. The minimum Gasteiger partial charge on any atom is -0.455 e. The van der Waals surface area contributed by atoms with Crippen molar-refractivity contribution in [3.8, 4) is 33.4 Å². The quantitative estimate of drug-likeness (QED) is 0.173. The molecule has 0 atom stereocenters. The van der Waals surface area contributed by atoms with Gasteiger partial charge >= 0.3 is 0 Å². The molecule has 0 amide bonds. The van der Waals surface area contributed by atoms with E-state index in [1.54, 1.807) is 0 Å². The van der Waals surface area contributed by atoms with E-state index in [2.05, 4.69) is 170 Å². The first-order valence-corrected chi connectivity index (χ1v) is 17.9. The van der Waals surface area contributed by atoms with Gasteiger partial charge < -0.3 is 4.42 Å². The van der Waals surface area contributed by atoms with Gasteiger partial charge in [-0.1, -0.05) is 146 Å². The van der Waals surface area contributed by atoms with E-state index in [0.717, 1.165) is 16.6 Å². The van der Waals surface area contributed by atoms with Crippen LogP contribution in [0.3, 0.4) is 0 Å². The Bertz CT molecular complexity index is 3090. The molecule has 0 unspecified atom stereocenters. The van der Waals surface area contributed by atoms with Crippen LogP contribution in [0.15, 0.2) is 174 Å². The van der Waals surface area contributed by atoms with Crippen LogP contribution in [-0.4, -0.2) is 0 Å². The molecule has 0 aliphatic carbocycles. The van der Waals surface area contributed by atoms with Crippen molar-refractivity contribution in [2.45, 2.75) is 0 Å². The van der Waals surface area contributed by atoms with Crippen molar-refractivity contribution >= 4 is 85.8 Å². The lowest BCUT2D eigenvalue weighted by Gasteiger charge is -2.18. The lowest BCUT2D eigenvalue weighted by Crippen LogP contribution is -1.91. The molecule has 0 bridgehead atoms. The molecule has 11 aromatic rings. The molecule has 0 spiro atoms. The van der Waals surface area contributed by atoms with Crippen molar-refractivity contribution in [2.24, 2.45) is 0 Å². The van der Waals surface area contributed by atoms with E-state index in [1.165, 1.54) is 91.3 Å². The zero-order valence-electron chi connectivity index (χ0n) is 27.0. The van der Waals surface area contributed by atoms with E-state index in [4.69, 9.17) is 4.42 Å². The lowest BCUT2D eigenvalue weighted by molar-refractivity contribution is 0.673. The van der Waals surface area contributed by atoms with Crippen molar-refractivity contribution in [3.05, 3.63) is 170 Å². The van der Waals surface area contributed by atoms with Crippen molar-refractivity contribution in [2.75, 3.05) is 0 Å². The molecule has 1 nitrogen and oxygen atoms in total. The van der Waals surface area contributed by atoms with Gasteiger partial charge in [-0.15, -0.1) is 11.3 Å². The first kappa shape index (κ1) is 27.7. The van der Waals surface area contributed by atoms with Crippen LogP contribution in [0.4, 0.5) is 0 Å². The van der Waals surface area contributed by atoms with Gasteiger partial charge in [0.25, 0.3) is 0 Å². The molecule has 232 valence electrons. The molecule has 0 saturated carbocycles. The second kappa shape index (κ2) is 10.6. The normalized spacial score (nSPS) is 12.0. The molecule has 0 saturated heterocycles. The molecule has 2 heteroatoms. The van der Waals surface area contributed by atoms with Crippen LogP contribution in [-0.2, 0) is 0 Å². The van der Waals surface area contributed by atoms with Crippen molar-refractivity contribution in [3.63, 3.8) is 0 Å². The van der Waals surface area contributed by atoms with Crippen LogP contribution in [0.1, 0.15) is 0 Å². The van der Waals surface area contributed by atoms with Gasteiger partial charge in [-0.05, 0) is 84.6 Å². The van der Waals surface area contributed by atoms with Gasteiger partial charge in [-0.25, -0.2) is 0 Å². The van der Waals surface area contributed by atoms with Gasteiger partial charge in [0.05, 0.1) is 0 Å². The van der Waals surface area contributed by atoms with Gasteiger partial charge in [-0.3, -0.25) is 0 Å². The van der Waals surface area contributed by atoms with E-state index < -0.39 is 0 Å². The molecule has 11 rings (SSSR count). The largest absolute Gasteiger partial charge is 0.455 e. The Morgan fingerprint density at radius 3 is 1.70 bits per heavy atom. The minimum absolute atomic E-state index is 0.930. The monoisotopic (exact) mass is 652 g/mol. The van der Waals surface area contributed by atoms with E-state index in [0.29, 0.717) is 0 Å². The number of rotatable bonds is 3. The molecule has 0 N–H and O–H groups in total. The zero-order chi connectivity index (χ0) is 32.8. The number of furan rings is 1. The smallest absolute Gasteiger partial charge is 0.143 e. The third-order valence-corrected chi connectivity index (χ3v) is 11.6. The minimum atomic E-state index is 0.930. The van der Waals surface area contributed by atoms with E-state index in [9.17, 15) is 0 Å². The fraction of sp³-hybridized carbons (Fsp3) is 0. The van der Waals surface area contributed by atoms with Crippen LogP contribution in [0.2, 0.25) is 0 Å². The highest BCUT2D eigenvalue weighted by molar-refractivity contribution is 7.27. The number of fused-ring (bicyclic) bond motifs is 11. The molecule has 2 aromatic heterocycles. The highest BCUT2D eigenvalue weighted by atomic mass is 32.1. The fourth-order valence-corrected chi connectivity index (χ4v) is 9.58. The van der Waals surface area contributed by atoms with Crippen LogP contribution < -0.4 is 0 Å². The fourth-order valence-electron chi connectivity index (χ4n) is 8.30. The Balaban J connectivity index is 1.22. The second-order valence-electron chi connectivity index (χ2n) is 13.2. The summed E-state index contributed by atoms with van der Waals surface area (Å²) in [5.41, 5.74) is 9.26. The Morgan fingerprint density at radius 1 is 0.380 bits per heavy atom. The molecular formula is C48H28OS. The van der Waals surface area contributed by atoms with Crippen molar-refractivity contribution < 1.29 is 4.42 Å².